The summed E-state index contributed by atoms with van der Waals surface area (Å²) in [5.74, 6) is -0.385. The van der Waals surface area contributed by atoms with E-state index in [2.05, 4.69) is 0 Å². The number of amides is 1. The van der Waals surface area contributed by atoms with Crippen LogP contribution >= 0.6 is 11.6 Å². The molecule has 0 aliphatic heterocycles. The predicted molar refractivity (Wildman–Crippen MR) is 64.5 cm³/mol. The second kappa shape index (κ2) is 5.72. The lowest BCUT2D eigenvalue weighted by atomic mass is 10.2. The van der Waals surface area contributed by atoms with Gasteiger partial charge in [0.2, 0.25) is 5.91 Å². The molecule has 1 rings (SSSR count). The summed E-state index contributed by atoms with van der Waals surface area (Å²) in [4.78, 5) is 12.7. The third-order valence-electron chi connectivity index (χ3n) is 2.30. The summed E-state index contributed by atoms with van der Waals surface area (Å²) in [7, 11) is 0. The van der Waals surface area contributed by atoms with Gasteiger partial charge in [0.25, 0.3) is 0 Å². The van der Waals surface area contributed by atoms with Crippen LogP contribution in [0.4, 0.5) is 5.69 Å². The zero-order chi connectivity index (χ0) is 12.1. The molecule has 0 atom stereocenters. The van der Waals surface area contributed by atoms with Crippen molar-refractivity contribution in [2.45, 2.75) is 13.5 Å². The highest BCUT2D eigenvalue weighted by atomic mass is 35.5. The van der Waals surface area contributed by atoms with E-state index >= 15 is 0 Å². The van der Waals surface area contributed by atoms with Gasteiger partial charge in [-0.1, -0.05) is 17.7 Å². The lowest BCUT2D eigenvalue weighted by molar-refractivity contribution is -0.116. The molecule has 0 spiro atoms. The molecule has 5 heteroatoms. The van der Waals surface area contributed by atoms with E-state index in [1.165, 1.54) is 0 Å². The molecule has 0 radical (unpaired) electrons. The minimum absolute atomic E-state index is 0.0962. The molecular formula is C11H15ClN2O2. The monoisotopic (exact) mass is 242 g/mol. The van der Waals surface area contributed by atoms with Crippen LogP contribution in [-0.4, -0.2) is 24.1 Å². The van der Waals surface area contributed by atoms with Gasteiger partial charge >= 0.3 is 0 Å². The summed E-state index contributed by atoms with van der Waals surface area (Å²) < 4.78 is 0. The molecule has 0 heterocycles. The van der Waals surface area contributed by atoms with Gasteiger partial charge in [-0.2, -0.15) is 0 Å². The molecule has 88 valence electrons. The molecule has 4 nitrogen and oxygen atoms in total. The zero-order valence-electron chi connectivity index (χ0n) is 9.11. The fourth-order valence-corrected chi connectivity index (χ4v) is 1.67. The Balaban J connectivity index is 2.93. The van der Waals surface area contributed by atoms with E-state index in [-0.39, 0.29) is 19.1 Å². The maximum atomic E-state index is 10.9. The number of hydrogen-bond acceptors (Lipinski definition) is 3. The normalized spacial score (nSPS) is 10.2. The maximum Gasteiger partial charge on any atom is 0.236 e. The Morgan fingerprint density at radius 1 is 1.56 bits per heavy atom. The Morgan fingerprint density at radius 2 is 2.25 bits per heavy atom. The summed E-state index contributed by atoms with van der Waals surface area (Å²) in [6.45, 7) is 2.65. The Morgan fingerprint density at radius 3 is 2.69 bits per heavy atom. The summed E-state index contributed by atoms with van der Waals surface area (Å²) in [6.07, 6.45) is 0. The van der Waals surface area contributed by atoms with E-state index in [0.29, 0.717) is 17.1 Å². The number of nitrogens with two attached hydrogens (primary N) is 1. The van der Waals surface area contributed by atoms with Crippen molar-refractivity contribution in [1.82, 2.24) is 0 Å². The number of hydrogen-bond donors (Lipinski definition) is 2. The lowest BCUT2D eigenvalue weighted by Gasteiger charge is -2.21. The van der Waals surface area contributed by atoms with Crippen LogP contribution in [0.2, 0.25) is 5.02 Å². The number of rotatable bonds is 5. The largest absolute Gasteiger partial charge is 0.392 e. The van der Waals surface area contributed by atoms with Gasteiger partial charge in [-0.05, 0) is 24.6 Å². The Labute approximate surface area is 99.6 Å². The van der Waals surface area contributed by atoms with Crippen molar-refractivity contribution in [3.63, 3.8) is 0 Å². The summed E-state index contributed by atoms with van der Waals surface area (Å²) in [5, 5.41) is 9.47. The Bertz CT molecular complexity index is 382. The zero-order valence-corrected chi connectivity index (χ0v) is 9.87. The molecule has 0 aliphatic rings. The van der Waals surface area contributed by atoms with E-state index in [0.717, 1.165) is 5.69 Å². The summed E-state index contributed by atoms with van der Waals surface area (Å²) >= 11 is 5.96. The number of nitrogens with zero attached hydrogens (tertiary/aromatic N) is 1. The van der Waals surface area contributed by atoms with E-state index in [1.54, 1.807) is 12.1 Å². The molecule has 0 fully saturated rings. The number of carbonyl (C=O) groups is 1. The number of primary amides is 1. The molecule has 1 amide bonds. The highest BCUT2D eigenvalue weighted by Crippen LogP contribution is 2.23. The van der Waals surface area contributed by atoms with E-state index in [1.807, 2.05) is 17.9 Å². The smallest absolute Gasteiger partial charge is 0.236 e. The van der Waals surface area contributed by atoms with Crippen molar-refractivity contribution >= 4 is 23.2 Å². The minimum atomic E-state index is -0.385. The number of likely N-dealkylation sites (N-methyl/N-ethyl adjacent to an activating group) is 1. The first kappa shape index (κ1) is 12.8. The number of carbonyl (C=O) groups excluding carboxylic acids is 1. The lowest BCUT2D eigenvalue weighted by Crippen LogP contribution is -2.33. The van der Waals surface area contributed by atoms with Crippen LogP contribution in [0.1, 0.15) is 12.5 Å². The quantitative estimate of drug-likeness (QED) is 0.814. The molecule has 0 saturated heterocycles. The molecule has 16 heavy (non-hydrogen) atoms. The van der Waals surface area contributed by atoms with Gasteiger partial charge in [0.15, 0.2) is 0 Å². The van der Waals surface area contributed by atoms with Gasteiger partial charge in [0.1, 0.15) is 0 Å². The first-order valence-corrected chi connectivity index (χ1v) is 5.38. The summed E-state index contributed by atoms with van der Waals surface area (Å²) in [6, 6.07) is 5.27. The fraction of sp³-hybridized carbons (Fsp3) is 0.364. The van der Waals surface area contributed by atoms with Crippen LogP contribution in [0.3, 0.4) is 0 Å². The second-order valence-corrected chi connectivity index (χ2v) is 3.82. The molecule has 0 bridgehead atoms. The average Bonchev–Trinajstić information content (AvgIpc) is 2.25. The van der Waals surface area contributed by atoms with Crippen molar-refractivity contribution in [3.05, 3.63) is 28.8 Å². The highest BCUT2D eigenvalue weighted by molar-refractivity contribution is 6.31. The predicted octanol–water partition coefficient (Wildman–Crippen LogP) is 1.14. The van der Waals surface area contributed by atoms with E-state index in [9.17, 15) is 4.79 Å². The average molecular weight is 243 g/mol. The molecule has 3 N–H and O–H groups in total. The standard InChI is InChI=1S/C11H15ClN2O2/c1-2-14(6-11(13)16)9-4-3-8(7-15)10(12)5-9/h3-5,15H,2,6-7H2,1H3,(H2,13,16). The Kier molecular flexibility index (Phi) is 4.58. The molecule has 0 aliphatic carbocycles. The second-order valence-electron chi connectivity index (χ2n) is 3.41. The van der Waals surface area contributed by atoms with Crippen LogP contribution in [0.15, 0.2) is 18.2 Å². The molecular weight excluding hydrogens is 228 g/mol. The van der Waals surface area contributed by atoms with Crippen LogP contribution < -0.4 is 10.6 Å². The van der Waals surface area contributed by atoms with E-state index < -0.39 is 0 Å². The minimum Gasteiger partial charge on any atom is -0.392 e. The van der Waals surface area contributed by atoms with Crippen molar-refractivity contribution in [3.8, 4) is 0 Å². The van der Waals surface area contributed by atoms with Crippen molar-refractivity contribution in [2.75, 3.05) is 18.0 Å². The first-order chi connectivity index (χ1) is 7.58. The fourth-order valence-electron chi connectivity index (χ4n) is 1.43. The number of aliphatic hydroxyl groups excluding tert-OH is 1. The van der Waals surface area contributed by atoms with Crippen LogP contribution in [0.25, 0.3) is 0 Å². The van der Waals surface area contributed by atoms with Crippen molar-refractivity contribution < 1.29 is 9.90 Å². The van der Waals surface area contributed by atoms with E-state index in [4.69, 9.17) is 22.4 Å². The highest BCUT2D eigenvalue weighted by Gasteiger charge is 2.09. The first-order valence-electron chi connectivity index (χ1n) is 5.01. The maximum absolute atomic E-state index is 10.9. The number of aliphatic hydroxyl groups is 1. The van der Waals surface area contributed by atoms with Gasteiger partial charge in [-0.15, -0.1) is 0 Å². The van der Waals surface area contributed by atoms with Gasteiger partial charge < -0.3 is 15.7 Å². The summed E-state index contributed by atoms with van der Waals surface area (Å²) in [5.41, 5.74) is 6.64. The van der Waals surface area contributed by atoms with Gasteiger partial charge in [0.05, 0.1) is 13.2 Å². The van der Waals surface area contributed by atoms with Crippen molar-refractivity contribution in [1.29, 1.82) is 0 Å². The Hall–Kier alpha value is -1.26. The van der Waals surface area contributed by atoms with Crippen LogP contribution in [0, 0.1) is 0 Å². The molecule has 0 saturated carbocycles. The number of anilines is 1. The van der Waals surface area contributed by atoms with Gasteiger partial charge in [-0.3, -0.25) is 4.79 Å². The van der Waals surface area contributed by atoms with Crippen LogP contribution in [0.5, 0.6) is 0 Å². The molecule has 1 aromatic rings. The molecule has 0 unspecified atom stereocenters. The number of halogens is 1. The molecule has 1 aromatic carbocycles. The third-order valence-corrected chi connectivity index (χ3v) is 2.65. The van der Waals surface area contributed by atoms with Crippen molar-refractivity contribution in [2.24, 2.45) is 5.73 Å². The van der Waals surface area contributed by atoms with Gasteiger partial charge in [-0.25, -0.2) is 0 Å². The van der Waals surface area contributed by atoms with Crippen LogP contribution in [-0.2, 0) is 11.4 Å². The topological polar surface area (TPSA) is 66.6 Å². The molecule has 0 aromatic heterocycles. The third kappa shape index (κ3) is 3.12. The SMILES string of the molecule is CCN(CC(N)=O)c1ccc(CO)c(Cl)c1. The number of benzene rings is 1. The van der Waals surface area contributed by atoms with Gasteiger partial charge in [0, 0.05) is 17.3 Å².